The standard InChI is InChI=1S/C9H17FN4O3/c1-9(2,3)13-8(16)14(6(11)17-4)7(15)12-5-10/h11H,5H2,1-4H3,(H,12,15)(H,13,16). The van der Waals surface area contributed by atoms with E-state index in [0.717, 1.165) is 7.11 Å². The van der Waals surface area contributed by atoms with Crippen molar-refractivity contribution in [3.8, 4) is 0 Å². The van der Waals surface area contributed by atoms with E-state index in [-0.39, 0.29) is 0 Å². The van der Waals surface area contributed by atoms with E-state index in [1.54, 1.807) is 26.1 Å². The van der Waals surface area contributed by atoms with Gasteiger partial charge < -0.3 is 15.4 Å². The molecular weight excluding hydrogens is 231 g/mol. The van der Waals surface area contributed by atoms with Crippen molar-refractivity contribution in [2.75, 3.05) is 13.9 Å². The van der Waals surface area contributed by atoms with E-state index in [9.17, 15) is 14.0 Å². The molecule has 17 heavy (non-hydrogen) atoms. The van der Waals surface area contributed by atoms with Gasteiger partial charge in [0.15, 0.2) is 6.80 Å². The van der Waals surface area contributed by atoms with Crippen molar-refractivity contribution in [2.24, 2.45) is 0 Å². The van der Waals surface area contributed by atoms with Crippen molar-refractivity contribution < 1.29 is 18.7 Å². The molecule has 3 N–H and O–H groups in total. The Morgan fingerprint density at radius 1 is 1.35 bits per heavy atom. The molecule has 7 nitrogen and oxygen atoms in total. The van der Waals surface area contributed by atoms with Crippen LogP contribution >= 0.6 is 0 Å². The summed E-state index contributed by atoms with van der Waals surface area (Å²) in [7, 11) is 1.13. The third-order valence-electron chi connectivity index (χ3n) is 1.50. The summed E-state index contributed by atoms with van der Waals surface area (Å²) in [6, 6.07) is -2.63. The number of ether oxygens (including phenoxy) is 1. The van der Waals surface area contributed by atoms with Gasteiger partial charge in [0.2, 0.25) is 0 Å². The maximum Gasteiger partial charge on any atom is 0.335 e. The average Bonchev–Trinajstić information content (AvgIpc) is 2.15. The summed E-state index contributed by atoms with van der Waals surface area (Å²) in [5.74, 6) is 0. The minimum absolute atomic E-state index is 0.366. The molecule has 0 aliphatic carbocycles. The highest BCUT2D eigenvalue weighted by molar-refractivity contribution is 6.08. The summed E-state index contributed by atoms with van der Waals surface area (Å²) in [6.45, 7) is 3.96. The lowest BCUT2D eigenvalue weighted by atomic mass is 10.1. The highest BCUT2D eigenvalue weighted by Gasteiger charge is 2.29. The third-order valence-corrected chi connectivity index (χ3v) is 1.50. The number of carbonyl (C=O) groups is 2. The van der Waals surface area contributed by atoms with Gasteiger partial charge in [0.25, 0.3) is 0 Å². The van der Waals surface area contributed by atoms with Crippen LogP contribution in [0, 0.1) is 5.41 Å². The van der Waals surface area contributed by atoms with Gasteiger partial charge >= 0.3 is 18.1 Å². The zero-order valence-corrected chi connectivity index (χ0v) is 10.3. The van der Waals surface area contributed by atoms with Crippen molar-refractivity contribution in [1.29, 1.82) is 5.41 Å². The Morgan fingerprint density at radius 2 is 1.88 bits per heavy atom. The predicted molar refractivity (Wildman–Crippen MR) is 59.4 cm³/mol. The highest BCUT2D eigenvalue weighted by Crippen LogP contribution is 2.02. The zero-order valence-electron chi connectivity index (χ0n) is 10.3. The summed E-state index contributed by atoms with van der Waals surface area (Å²) in [4.78, 5) is 23.4. The van der Waals surface area contributed by atoms with Gasteiger partial charge in [0.05, 0.1) is 7.11 Å². The molecular formula is C9H17FN4O3. The molecule has 0 bridgehead atoms. The fraction of sp³-hybridized carbons (Fsp3) is 0.667. The molecule has 0 aromatic rings. The number of amides is 4. The molecule has 98 valence electrons. The maximum atomic E-state index is 12.0. The van der Waals surface area contributed by atoms with Gasteiger partial charge in [-0.2, -0.15) is 4.90 Å². The topological polar surface area (TPSA) is 94.5 Å². The van der Waals surface area contributed by atoms with Crippen LogP contribution in [0.5, 0.6) is 0 Å². The first-order valence-corrected chi connectivity index (χ1v) is 4.81. The Bertz CT molecular complexity index is 314. The first kappa shape index (κ1) is 15.1. The van der Waals surface area contributed by atoms with Gasteiger partial charge in [0.1, 0.15) is 0 Å². The first-order chi connectivity index (χ1) is 7.72. The van der Waals surface area contributed by atoms with Crippen LogP contribution in [0.4, 0.5) is 14.0 Å². The number of rotatable bonds is 1. The van der Waals surface area contributed by atoms with E-state index in [0.29, 0.717) is 4.90 Å². The van der Waals surface area contributed by atoms with E-state index in [2.05, 4.69) is 10.1 Å². The number of methoxy groups -OCH3 is 1. The van der Waals surface area contributed by atoms with Crippen molar-refractivity contribution in [3.63, 3.8) is 0 Å². The average molecular weight is 248 g/mol. The second-order valence-corrected chi connectivity index (χ2v) is 4.14. The number of imide groups is 1. The lowest BCUT2D eigenvalue weighted by Gasteiger charge is -2.26. The molecule has 0 aromatic carbocycles. The van der Waals surface area contributed by atoms with Gasteiger partial charge in [-0.3, -0.25) is 5.41 Å². The molecule has 0 aromatic heterocycles. The van der Waals surface area contributed by atoms with E-state index < -0.39 is 30.4 Å². The van der Waals surface area contributed by atoms with Crippen LogP contribution in [0.2, 0.25) is 0 Å². The van der Waals surface area contributed by atoms with Gasteiger partial charge in [-0.05, 0) is 20.8 Å². The number of alkyl halides is 1. The summed E-state index contributed by atoms with van der Waals surface area (Å²) in [6.07, 6.45) is 0. The number of carbonyl (C=O) groups excluding carboxylic acids is 2. The molecule has 0 atom stereocenters. The largest absolute Gasteiger partial charge is 0.468 e. The normalized spacial score (nSPS) is 10.4. The minimum Gasteiger partial charge on any atom is -0.468 e. The Morgan fingerprint density at radius 3 is 2.24 bits per heavy atom. The SMILES string of the molecule is COC(=N)N(C(=O)NCF)C(=O)NC(C)(C)C. The van der Waals surface area contributed by atoms with E-state index in [4.69, 9.17) is 5.41 Å². The number of halogens is 1. The van der Waals surface area contributed by atoms with Gasteiger partial charge in [0, 0.05) is 5.54 Å². The number of urea groups is 2. The zero-order chi connectivity index (χ0) is 13.6. The van der Waals surface area contributed by atoms with Crippen molar-refractivity contribution in [1.82, 2.24) is 15.5 Å². The highest BCUT2D eigenvalue weighted by atomic mass is 19.1. The molecule has 0 aliphatic heterocycles. The lowest BCUT2D eigenvalue weighted by molar-refractivity contribution is 0.186. The summed E-state index contributed by atoms with van der Waals surface area (Å²) in [5.41, 5.74) is -0.598. The first-order valence-electron chi connectivity index (χ1n) is 4.81. The lowest BCUT2D eigenvalue weighted by Crippen LogP contribution is -2.55. The summed E-state index contributed by atoms with van der Waals surface area (Å²) in [5, 5.41) is 11.5. The quantitative estimate of drug-likeness (QED) is 0.367. The van der Waals surface area contributed by atoms with Crippen molar-refractivity contribution in [2.45, 2.75) is 26.3 Å². The van der Waals surface area contributed by atoms with Crippen LogP contribution in [-0.4, -0.2) is 42.4 Å². The second kappa shape index (κ2) is 6.02. The number of amidine groups is 1. The van der Waals surface area contributed by atoms with Crippen LogP contribution in [0.15, 0.2) is 0 Å². The van der Waals surface area contributed by atoms with E-state index in [1.165, 1.54) is 0 Å². The molecule has 0 fully saturated rings. The Hall–Kier alpha value is -1.86. The van der Waals surface area contributed by atoms with E-state index >= 15 is 0 Å². The van der Waals surface area contributed by atoms with Crippen LogP contribution in [-0.2, 0) is 4.74 Å². The molecule has 0 saturated carbocycles. The van der Waals surface area contributed by atoms with Crippen LogP contribution in [0.3, 0.4) is 0 Å². The van der Waals surface area contributed by atoms with E-state index in [1.807, 2.05) is 0 Å². The van der Waals surface area contributed by atoms with Crippen LogP contribution in [0.1, 0.15) is 20.8 Å². The monoisotopic (exact) mass is 248 g/mol. The van der Waals surface area contributed by atoms with Gasteiger partial charge in [-0.1, -0.05) is 0 Å². The van der Waals surface area contributed by atoms with Crippen molar-refractivity contribution >= 4 is 18.1 Å². The third kappa shape index (κ3) is 5.14. The van der Waals surface area contributed by atoms with Crippen molar-refractivity contribution in [3.05, 3.63) is 0 Å². The molecule has 0 radical (unpaired) electrons. The Balaban J connectivity index is 4.87. The predicted octanol–water partition coefficient (Wildman–Crippen LogP) is 1.01. The number of hydrogen-bond acceptors (Lipinski definition) is 4. The second-order valence-electron chi connectivity index (χ2n) is 4.14. The molecule has 0 unspecified atom stereocenters. The fourth-order valence-electron chi connectivity index (χ4n) is 0.881. The molecule has 0 rings (SSSR count). The molecule has 0 spiro atoms. The molecule has 8 heteroatoms. The smallest absolute Gasteiger partial charge is 0.335 e. The Labute approximate surface area is 98.8 Å². The Kier molecular flexibility index (Phi) is 5.36. The molecule has 0 aliphatic rings. The van der Waals surface area contributed by atoms with Crippen LogP contribution in [0.25, 0.3) is 0 Å². The summed E-state index contributed by atoms with van der Waals surface area (Å²) >= 11 is 0. The molecule has 4 amide bonds. The van der Waals surface area contributed by atoms with Gasteiger partial charge in [-0.15, -0.1) is 0 Å². The molecule has 0 saturated heterocycles. The fourth-order valence-corrected chi connectivity index (χ4v) is 0.881. The summed E-state index contributed by atoms with van der Waals surface area (Å²) < 4.78 is 16.5. The number of nitrogens with zero attached hydrogens (tertiary/aromatic N) is 1. The number of hydrogen-bond donors (Lipinski definition) is 3. The van der Waals surface area contributed by atoms with Gasteiger partial charge in [-0.25, -0.2) is 14.0 Å². The number of nitrogens with one attached hydrogen (secondary N) is 3. The maximum absolute atomic E-state index is 12.0. The minimum atomic E-state index is -1.14. The van der Waals surface area contributed by atoms with Crippen LogP contribution < -0.4 is 10.6 Å². The molecule has 0 heterocycles.